The van der Waals surface area contributed by atoms with Crippen molar-refractivity contribution in [1.82, 2.24) is 5.32 Å². The number of carboxylic acid groups (broad SMARTS) is 1. The number of hydrogen-bond acceptors (Lipinski definition) is 3. The number of rotatable bonds is 5. The second-order valence-electron chi connectivity index (χ2n) is 2.62. The van der Waals surface area contributed by atoms with Gasteiger partial charge in [-0.3, -0.25) is 0 Å². The molecule has 4 nitrogen and oxygen atoms in total. The van der Waals surface area contributed by atoms with Gasteiger partial charge in [-0.15, -0.1) is 0 Å². The molecule has 0 radical (unpaired) electrons. The van der Waals surface area contributed by atoms with Crippen LogP contribution in [-0.2, 0) is 9.53 Å². The van der Waals surface area contributed by atoms with Gasteiger partial charge in [0.25, 0.3) is 0 Å². The molecule has 0 aromatic heterocycles. The average molecular weight is 173 g/mol. The predicted molar refractivity (Wildman–Crippen MR) is 45.9 cm³/mol. The van der Waals surface area contributed by atoms with Crippen molar-refractivity contribution < 1.29 is 14.6 Å². The van der Waals surface area contributed by atoms with Crippen molar-refractivity contribution in [3.8, 4) is 0 Å². The highest BCUT2D eigenvalue weighted by atomic mass is 16.5. The minimum Gasteiger partial charge on any atom is -0.478 e. The third-order valence-electron chi connectivity index (χ3n) is 1.19. The first-order chi connectivity index (χ1) is 5.56. The number of aliphatic carboxylic acids is 1. The van der Waals surface area contributed by atoms with Crippen molar-refractivity contribution in [3.05, 3.63) is 11.8 Å². The van der Waals surface area contributed by atoms with E-state index in [0.717, 1.165) is 6.08 Å². The van der Waals surface area contributed by atoms with E-state index >= 15 is 0 Å². The van der Waals surface area contributed by atoms with Gasteiger partial charge in [0, 0.05) is 18.8 Å². The molecule has 2 N–H and O–H groups in total. The Balaban J connectivity index is 3.91. The molecule has 0 aliphatic heterocycles. The highest BCUT2D eigenvalue weighted by Crippen LogP contribution is 1.94. The predicted octanol–water partition coefficient (Wildman–Crippen LogP) is 0.599. The van der Waals surface area contributed by atoms with E-state index in [0.29, 0.717) is 12.3 Å². The zero-order valence-corrected chi connectivity index (χ0v) is 7.63. The maximum atomic E-state index is 10.2. The van der Waals surface area contributed by atoms with Crippen molar-refractivity contribution >= 4 is 5.97 Å². The van der Waals surface area contributed by atoms with Gasteiger partial charge in [0.05, 0.1) is 12.7 Å². The highest BCUT2D eigenvalue weighted by molar-refractivity contribution is 5.80. The normalized spacial score (nSPS) is 11.8. The molecule has 0 atom stereocenters. The van der Waals surface area contributed by atoms with Gasteiger partial charge in [-0.1, -0.05) is 0 Å². The lowest BCUT2D eigenvalue weighted by molar-refractivity contribution is -0.131. The Kier molecular flexibility index (Phi) is 5.12. The third-order valence-corrected chi connectivity index (χ3v) is 1.19. The van der Waals surface area contributed by atoms with E-state index in [-0.39, 0.29) is 6.10 Å². The quantitative estimate of drug-likeness (QED) is 0.598. The summed E-state index contributed by atoms with van der Waals surface area (Å²) in [7, 11) is 1.67. The Morgan fingerprint density at radius 1 is 1.67 bits per heavy atom. The van der Waals surface area contributed by atoms with Gasteiger partial charge in [0.2, 0.25) is 0 Å². The number of carbonyl (C=O) groups is 1. The molecule has 0 aromatic rings. The number of ether oxygens (including phenoxy) is 1. The fourth-order valence-corrected chi connectivity index (χ4v) is 0.591. The first-order valence-corrected chi connectivity index (χ1v) is 3.79. The second-order valence-corrected chi connectivity index (χ2v) is 2.62. The van der Waals surface area contributed by atoms with Crippen molar-refractivity contribution in [3.63, 3.8) is 0 Å². The van der Waals surface area contributed by atoms with Crippen molar-refractivity contribution in [2.75, 3.05) is 13.7 Å². The van der Waals surface area contributed by atoms with E-state index in [4.69, 9.17) is 9.84 Å². The van der Waals surface area contributed by atoms with Gasteiger partial charge < -0.3 is 15.2 Å². The molecule has 0 aromatic carbocycles. The summed E-state index contributed by atoms with van der Waals surface area (Å²) in [6, 6.07) is 0. The van der Waals surface area contributed by atoms with Crippen LogP contribution in [0.5, 0.6) is 0 Å². The van der Waals surface area contributed by atoms with Gasteiger partial charge in [0.15, 0.2) is 0 Å². The summed E-state index contributed by atoms with van der Waals surface area (Å²) in [6.07, 6.45) is 1.21. The first kappa shape index (κ1) is 11.0. The molecule has 0 rings (SSSR count). The summed E-state index contributed by atoms with van der Waals surface area (Å²) in [5.74, 6) is -0.966. The Labute approximate surface area is 72.2 Å². The second kappa shape index (κ2) is 5.60. The van der Waals surface area contributed by atoms with E-state index in [1.54, 1.807) is 7.05 Å². The summed E-state index contributed by atoms with van der Waals surface area (Å²) >= 11 is 0. The molecule has 12 heavy (non-hydrogen) atoms. The van der Waals surface area contributed by atoms with Crippen LogP contribution in [0.1, 0.15) is 13.8 Å². The molecular weight excluding hydrogens is 158 g/mol. The molecular formula is C8H15NO3. The summed E-state index contributed by atoms with van der Waals surface area (Å²) in [4.78, 5) is 10.2. The third kappa shape index (κ3) is 5.73. The van der Waals surface area contributed by atoms with E-state index in [9.17, 15) is 4.79 Å². The minimum atomic E-state index is -0.966. The minimum absolute atomic E-state index is 0.107. The number of nitrogens with one attached hydrogen (secondary N) is 1. The average Bonchev–Trinajstić information content (AvgIpc) is 1.97. The Hall–Kier alpha value is -1.03. The van der Waals surface area contributed by atoms with Crippen molar-refractivity contribution in [2.24, 2.45) is 0 Å². The van der Waals surface area contributed by atoms with Gasteiger partial charge in [-0.05, 0) is 13.8 Å². The van der Waals surface area contributed by atoms with E-state index in [1.807, 2.05) is 13.8 Å². The van der Waals surface area contributed by atoms with Crippen LogP contribution >= 0.6 is 0 Å². The van der Waals surface area contributed by atoms with E-state index in [1.165, 1.54) is 0 Å². The van der Waals surface area contributed by atoms with Crippen LogP contribution in [0.4, 0.5) is 0 Å². The van der Waals surface area contributed by atoms with Gasteiger partial charge in [-0.2, -0.15) is 0 Å². The fraction of sp³-hybridized carbons (Fsp3) is 0.625. The molecule has 0 fully saturated rings. The first-order valence-electron chi connectivity index (χ1n) is 3.79. The summed E-state index contributed by atoms with van der Waals surface area (Å²) in [6.45, 7) is 4.10. The molecule has 0 aliphatic rings. The lowest BCUT2D eigenvalue weighted by Gasteiger charge is -2.09. The Morgan fingerprint density at radius 2 is 2.25 bits per heavy atom. The lowest BCUT2D eigenvalue weighted by Crippen LogP contribution is -2.16. The molecule has 0 bridgehead atoms. The lowest BCUT2D eigenvalue weighted by atomic mass is 10.4. The largest absolute Gasteiger partial charge is 0.478 e. The molecule has 0 spiro atoms. The van der Waals surface area contributed by atoms with Crippen LogP contribution in [0.25, 0.3) is 0 Å². The van der Waals surface area contributed by atoms with Crippen LogP contribution in [0, 0.1) is 0 Å². The monoisotopic (exact) mass is 173 g/mol. The zero-order valence-electron chi connectivity index (χ0n) is 7.63. The van der Waals surface area contributed by atoms with Crippen LogP contribution in [-0.4, -0.2) is 30.8 Å². The number of hydrogen-bond donors (Lipinski definition) is 2. The molecule has 4 heteroatoms. The smallest absolute Gasteiger partial charge is 0.330 e. The summed E-state index contributed by atoms with van der Waals surface area (Å²) < 4.78 is 5.20. The van der Waals surface area contributed by atoms with Crippen LogP contribution < -0.4 is 5.32 Å². The van der Waals surface area contributed by atoms with Gasteiger partial charge >= 0.3 is 5.97 Å². The fourth-order valence-electron chi connectivity index (χ4n) is 0.591. The molecule has 0 aliphatic carbocycles. The van der Waals surface area contributed by atoms with Crippen LogP contribution in [0.2, 0.25) is 0 Å². The molecule has 70 valence electrons. The molecule has 0 amide bonds. The molecule has 0 saturated carbocycles. The van der Waals surface area contributed by atoms with Gasteiger partial charge in [0.1, 0.15) is 0 Å². The van der Waals surface area contributed by atoms with E-state index < -0.39 is 5.97 Å². The van der Waals surface area contributed by atoms with Crippen LogP contribution in [0.3, 0.4) is 0 Å². The molecule has 0 unspecified atom stereocenters. The Bertz CT molecular complexity index is 175. The molecule has 0 saturated heterocycles. The summed E-state index contributed by atoms with van der Waals surface area (Å²) in [5, 5.41) is 11.2. The SMILES string of the molecule is CN/C(=C\C(=O)O)COC(C)C. The highest BCUT2D eigenvalue weighted by Gasteiger charge is 1.99. The summed E-state index contributed by atoms with van der Waals surface area (Å²) in [5.41, 5.74) is 0.566. The Morgan fingerprint density at radius 3 is 2.58 bits per heavy atom. The van der Waals surface area contributed by atoms with Crippen molar-refractivity contribution in [1.29, 1.82) is 0 Å². The molecule has 0 heterocycles. The number of likely N-dealkylation sites (N-methyl/N-ethyl adjacent to an activating group) is 1. The maximum absolute atomic E-state index is 10.2. The standard InChI is InChI=1S/C8H15NO3/c1-6(2)12-5-7(9-3)4-8(10)11/h4,6,9H,5H2,1-3H3,(H,10,11)/b7-4-. The zero-order chi connectivity index (χ0) is 9.56. The van der Waals surface area contributed by atoms with Crippen molar-refractivity contribution in [2.45, 2.75) is 20.0 Å². The van der Waals surface area contributed by atoms with Gasteiger partial charge in [-0.25, -0.2) is 4.79 Å². The van der Waals surface area contributed by atoms with Crippen LogP contribution in [0.15, 0.2) is 11.8 Å². The topological polar surface area (TPSA) is 58.6 Å². The maximum Gasteiger partial charge on any atom is 0.330 e. The van der Waals surface area contributed by atoms with E-state index in [2.05, 4.69) is 5.32 Å². The number of carboxylic acids is 1.